The van der Waals surface area contributed by atoms with E-state index in [0.29, 0.717) is 5.54 Å². The quantitative estimate of drug-likeness (QED) is 0.450. The van der Waals surface area contributed by atoms with Crippen molar-refractivity contribution in [1.29, 1.82) is 0 Å². The normalized spacial score (nSPS) is 45.0. The summed E-state index contributed by atoms with van der Waals surface area (Å²) in [6.45, 7) is 3.65. The Morgan fingerprint density at radius 3 is 2.25 bits per heavy atom. The van der Waals surface area contributed by atoms with Gasteiger partial charge in [-0.25, -0.2) is 0 Å². The van der Waals surface area contributed by atoms with E-state index in [0.717, 1.165) is 0 Å². The van der Waals surface area contributed by atoms with Gasteiger partial charge in [0.1, 0.15) is 0 Å². The lowest BCUT2D eigenvalue weighted by Crippen LogP contribution is -2.58. The van der Waals surface area contributed by atoms with E-state index in [4.69, 9.17) is 0 Å². The third kappa shape index (κ3) is 0.501. The predicted octanol–water partition coefficient (Wildman–Crippen LogP) is -0.288. The van der Waals surface area contributed by atoms with Gasteiger partial charge in [-0.2, -0.15) is 0 Å². The molecule has 46 valence electrons. The van der Waals surface area contributed by atoms with E-state index < -0.39 is 0 Å². The van der Waals surface area contributed by atoms with Gasteiger partial charge >= 0.3 is 0 Å². The summed E-state index contributed by atoms with van der Waals surface area (Å²) in [5.41, 5.74) is 0.556. The fourth-order valence-electron chi connectivity index (χ4n) is 1.59. The maximum Gasteiger partial charge on any atom is 0.0330 e. The van der Waals surface area contributed by atoms with Crippen LogP contribution in [0.15, 0.2) is 0 Å². The first kappa shape index (κ1) is 4.77. The highest BCUT2D eigenvalue weighted by Crippen LogP contribution is 2.24. The molecule has 1 spiro atoms. The van der Waals surface area contributed by atoms with E-state index in [-0.39, 0.29) is 0 Å². The van der Waals surface area contributed by atoms with Crippen LogP contribution in [0.25, 0.3) is 0 Å². The molecule has 0 aromatic rings. The summed E-state index contributed by atoms with van der Waals surface area (Å²) in [7, 11) is 0. The molecule has 2 N–H and O–H groups in total. The van der Waals surface area contributed by atoms with Crippen LogP contribution in [0.5, 0.6) is 0 Å². The Morgan fingerprint density at radius 1 is 1.12 bits per heavy atom. The van der Waals surface area contributed by atoms with Crippen molar-refractivity contribution in [2.75, 3.05) is 19.6 Å². The van der Waals surface area contributed by atoms with Crippen LogP contribution in [-0.4, -0.2) is 25.2 Å². The fraction of sp³-hybridized carbons (Fsp3) is 1.00. The maximum absolute atomic E-state index is 3.46. The van der Waals surface area contributed by atoms with Gasteiger partial charge in [0.25, 0.3) is 0 Å². The zero-order valence-electron chi connectivity index (χ0n) is 5.04. The molecule has 2 heteroatoms. The van der Waals surface area contributed by atoms with Crippen LogP contribution in [-0.2, 0) is 0 Å². The molecule has 2 aliphatic rings. The van der Waals surface area contributed by atoms with Crippen LogP contribution in [0.1, 0.15) is 12.8 Å². The molecule has 0 aromatic carbocycles. The average molecular weight is 112 g/mol. The molecule has 0 aromatic heterocycles. The van der Waals surface area contributed by atoms with E-state index in [9.17, 15) is 0 Å². The van der Waals surface area contributed by atoms with Gasteiger partial charge in [0.15, 0.2) is 0 Å². The van der Waals surface area contributed by atoms with Crippen LogP contribution in [0.3, 0.4) is 0 Å². The number of nitrogens with one attached hydrogen (secondary N) is 2. The molecule has 0 saturated carbocycles. The van der Waals surface area contributed by atoms with Gasteiger partial charge in [-0.3, -0.25) is 0 Å². The molecule has 0 radical (unpaired) electrons. The molecule has 0 aliphatic carbocycles. The lowest BCUT2D eigenvalue weighted by atomic mass is 9.87. The molecule has 0 unspecified atom stereocenters. The summed E-state index contributed by atoms with van der Waals surface area (Å²) in [5.74, 6) is 0. The van der Waals surface area contributed by atoms with E-state index in [1.165, 1.54) is 32.5 Å². The summed E-state index contributed by atoms with van der Waals surface area (Å²) < 4.78 is 0. The molecular formula is C6H12N2. The van der Waals surface area contributed by atoms with Crippen molar-refractivity contribution < 1.29 is 0 Å². The summed E-state index contributed by atoms with van der Waals surface area (Å²) in [4.78, 5) is 0. The second kappa shape index (κ2) is 1.45. The van der Waals surface area contributed by atoms with E-state index >= 15 is 0 Å². The minimum absolute atomic E-state index is 0.556. The minimum Gasteiger partial charge on any atom is -0.315 e. The van der Waals surface area contributed by atoms with Gasteiger partial charge in [-0.15, -0.1) is 0 Å². The van der Waals surface area contributed by atoms with E-state index in [2.05, 4.69) is 10.6 Å². The fourth-order valence-corrected chi connectivity index (χ4v) is 1.59. The van der Waals surface area contributed by atoms with E-state index in [1.807, 2.05) is 0 Å². The summed E-state index contributed by atoms with van der Waals surface area (Å²) in [5, 5.41) is 6.81. The zero-order valence-corrected chi connectivity index (χ0v) is 5.04. The standard InChI is InChI=1S/C6H12N2/c1-3-7-5-6(1)2-4-8-6/h7-8H,1-5H2/t6-/m0/s1. The largest absolute Gasteiger partial charge is 0.315 e. The topological polar surface area (TPSA) is 24.1 Å². The Balaban J connectivity index is 2.01. The number of hydrogen-bond acceptors (Lipinski definition) is 2. The smallest absolute Gasteiger partial charge is 0.0330 e. The van der Waals surface area contributed by atoms with Gasteiger partial charge in [0.05, 0.1) is 0 Å². The van der Waals surface area contributed by atoms with Crippen LogP contribution in [0.4, 0.5) is 0 Å². The molecule has 2 aliphatic heterocycles. The van der Waals surface area contributed by atoms with Crippen LogP contribution in [0, 0.1) is 0 Å². The highest BCUT2D eigenvalue weighted by atomic mass is 15.1. The third-order valence-corrected chi connectivity index (χ3v) is 2.35. The lowest BCUT2D eigenvalue weighted by Gasteiger charge is -2.39. The molecule has 2 saturated heterocycles. The predicted molar refractivity (Wildman–Crippen MR) is 32.8 cm³/mol. The Hall–Kier alpha value is -0.0800. The van der Waals surface area contributed by atoms with Crippen LogP contribution in [0.2, 0.25) is 0 Å². The molecule has 2 nitrogen and oxygen atoms in total. The monoisotopic (exact) mass is 112 g/mol. The molecular weight excluding hydrogens is 100 g/mol. The second-order valence-corrected chi connectivity index (χ2v) is 2.88. The number of hydrogen-bond donors (Lipinski definition) is 2. The SMILES string of the molecule is C1C[C@]2(CCN2)CN1. The Morgan fingerprint density at radius 2 is 2.00 bits per heavy atom. The van der Waals surface area contributed by atoms with Gasteiger partial charge in [0, 0.05) is 12.1 Å². The number of rotatable bonds is 0. The summed E-state index contributed by atoms with van der Waals surface area (Å²) >= 11 is 0. The second-order valence-electron chi connectivity index (χ2n) is 2.88. The molecule has 2 rings (SSSR count). The van der Waals surface area contributed by atoms with Crippen molar-refractivity contribution in [3.05, 3.63) is 0 Å². The Bertz CT molecular complexity index is 88.7. The average Bonchev–Trinajstić information content (AvgIpc) is 2.07. The molecule has 2 heterocycles. The highest BCUT2D eigenvalue weighted by Gasteiger charge is 2.38. The molecule has 1 atom stereocenters. The van der Waals surface area contributed by atoms with Gasteiger partial charge < -0.3 is 10.6 Å². The van der Waals surface area contributed by atoms with Crippen LogP contribution < -0.4 is 10.6 Å². The van der Waals surface area contributed by atoms with Crippen molar-refractivity contribution in [2.45, 2.75) is 18.4 Å². The maximum atomic E-state index is 3.46. The van der Waals surface area contributed by atoms with Crippen molar-refractivity contribution in [3.63, 3.8) is 0 Å². The zero-order chi connectivity index (χ0) is 5.45. The van der Waals surface area contributed by atoms with Crippen molar-refractivity contribution in [2.24, 2.45) is 0 Å². The third-order valence-electron chi connectivity index (χ3n) is 2.35. The first-order chi connectivity index (χ1) is 3.91. The van der Waals surface area contributed by atoms with Crippen LogP contribution >= 0.6 is 0 Å². The molecule has 2 fully saturated rings. The van der Waals surface area contributed by atoms with Crippen molar-refractivity contribution >= 4 is 0 Å². The van der Waals surface area contributed by atoms with Gasteiger partial charge in [0.2, 0.25) is 0 Å². The van der Waals surface area contributed by atoms with E-state index in [1.54, 1.807) is 0 Å². The first-order valence-corrected chi connectivity index (χ1v) is 3.37. The lowest BCUT2D eigenvalue weighted by molar-refractivity contribution is 0.233. The van der Waals surface area contributed by atoms with Gasteiger partial charge in [-0.1, -0.05) is 0 Å². The Kier molecular flexibility index (Phi) is 0.866. The van der Waals surface area contributed by atoms with Crippen molar-refractivity contribution in [1.82, 2.24) is 10.6 Å². The molecule has 0 bridgehead atoms. The molecule has 8 heavy (non-hydrogen) atoms. The summed E-state index contributed by atoms with van der Waals surface area (Å²) in [6, 6.07) is 0. The first-order valence-electron chi connectivity index (χ1n) is 3.37. The minimum atomic E-state index is 0.556. The van der Waals surface area contributed by atoms with Crippen molar-refractivity contribution in [3.8, 4) is 0 Å². The highest BCUT2D eigenvalue weighted by molar-refractivity contribution is 5.02. The summed E-state index contributed by atoms with van der Waals surface area (Å²) in [6.07, 6.45) is 2.73. The van der Waals surface area contributed by atoms with Gasteiger partial charge in [-0.05, 0) is 25.9 Å². The molecule has 0 amide bonds. The Labute approximate surface area is 49.7 Å².